The second-order valence-corrected chi connectivity index (χ2v) is 12.9. The molecule has 4 saturated carbocycles. The van der Waals surface area contributed by atoms with E-state index in [9.17, 15) is 19.5 Å². The molecule has 4 aliphatic rings. The zero-order valence-electron chi connectivity index (χ0n) is 26.2. The van der Waals surface area contributed by atoms with Crippen LogP contribution < -0.4 is 20.1 Å². The Morgan fingerprint density at radius 1 is 0.891 bits per heavy atom. The number of hydrogen-bond donors (Lipinski definition) is 3. The van der Waals surface area contributed by atoms with Gasteiger partial charge in [0.1, 0.15) is 28.4 Å². The average molecular weight is 623 g/mol. The Hall–Kier alpha value is -4.86. The maximum atomic E-state index is 14.6. The van der Waals surface area contributed by atoms with Crippen LogP contribution in [0.4, 0.5) is 5.69 Å². The number of fused-ring (bicyclic) bond motifs is 1. The summed E-state index contributed by atoms with van der Waals surface area (Å²) >= 11 is 0. The van der Waals surface area contributed by atoms with Gasteiger partial charge < -0.3 is 25.2 Å². The number of hydrogen-bond acceptors (Lipinski definition) is 6. The topological polar surface area (TPSA) is 132 Å². The molecule has 4 aliphatic carbocycles. The van der Waals surface area contributed by atoms with Crippen LogP contribution in [0.15, 0.2) is 60.7 Å². The first kappa shape index (κ1) is 29.8. The summed E-state index contributed by atoms with van der Waals surface area (Å²) in [7, 11) is 3.08. The second-order valence-electron chi connectivity index (χ2n) is 12.9. The van der Waals surface area contributed by atoms with E-state index in [4.69, 9.17) is 14.6 Å². The van der Waals surface area contributed by atoms with Crippen LogP contribution in [0.1, 0.15) is 55.9 Å². The molecule has 46 heavy (non-hydrogen) atoms. The van der Waals surface area contributed by atoms with E-state index >= 15 is 0 Å². The van der Waals surface area contributed by atoms with E-state index in [1.54, 1.807) is 29.8 Å². The molecule has 3 aromatic carbocycles. The number of aromatic nitrogens is 2. The molecule has 8 rings (SSSR count). The van der Waals surface area contributed by atoms with Gasteiger partial charge in [0.2, 0.25) is 5.91 Å². The maximum Gasteiger partial charge on any atom is 0.330 e. The Bertz CT molecular complexity index is 1810. The SMILES string of the molecule is CCC(=O)Nc1c(C(=O)NC2(C(=O)O)C3CC4CC(C3)CC2C4)nn(-c2cccc3ccccc23)c1-c1c(OC)cccc1OC. The molecule has 4 bridgehead atoms. The standard InChI is InChI=1S/C36H38N4O6/c1-4-29(41)37-31-32(34(42)38-36(35(43)44)23-16-20-15-21(18-23)19-24(36)17-20)39-40(26-12-7-10-22-9-5-6-11-25(22)26)33(31)30-27(45-2)13-8-14-28(30)46-3/h5-14,20-21,23-24H,4,15-19H2,1-3H3,(H,37,41)(H,38,42)(H,43,44). The van der Waals surface area contributed by atoms with Gasteiger partial charge in [0.25, 0.3) is 5.91 Å². The molecule has 0 radical (unpaired) electrons. The van der Waals surface area contributed by atoms with Crippen LogP contribution in [0.25, 0.3) is 27.7 Å². The fraction of sp³-hybridized carbons (Fsp3) is 0.389. The fourth-order valence-corrected chi connectivity index (χ4v) is 8.59. The van der Waals surface area contributed by atoms with Crippen LogP contribution in [-0.2, 0) is 9.59 Å². The number of carbonyl (C=O) groups excluding carboxylic acids is 2. The Labute approximate surface area is 267 Å². The summed E-state index contributed by atoms with van der Waals surface area (Å²) in [5, 5.41) is 23.5. The van der Waals surface area contributed by atoms with E-state index in [1.807, 2.05) is 42.5 Å². The number of nitrogens with zero attached hydrogens (tertiary/aromatic N) is 2. The molecular formula is C36H38N4O6. The largest absolute Gasteiger partial charge is 0.496 e. The van der Waals surface area contributed by atoms with Gasteiger partial charge in [0.05, 0.1) is 25.5 Å². The Morgan fingerprint density at radius 3 is 2.11 bits per heavy atom. The maximum absolute atomic E-state index is 14.6. The fourth-order valence-electron chi connectivity index (χ4n) is 8.59. The third-order valence-electron chi connectivity index (χ3n) is 10.4. The lowest BCUT2D eigenvalue weighted by Gasteiger charge is -2.59. The van der Waals surface area contributed by atoms with Crippen molar-refractivity contribution in [3.05, 3.63) is 66.4 Å². The van der Waals surface area contributed by atoms with Crippen LogP contribution in [0, 0.1) is 23.7 Å². The number of aliphatic carboxylic acids is 1. The zero-order valence-corrected chi connectivity index (χ0v) is 26.2. The molecule has 4 aromatic rings. The van der Waals surface area contributed by atoms with E-state index < -0.39 is 17.4 Å². The van der Waals surface area contributed by atoms with Gasteiger partial charge in [0, 0.05) is 11.8 Å². The Kier molecular flexibility index (Phi) is 7.45. The van der Waals surface area contributed by atoms with Crippen molar-refractivity contribution in [2.24, 2.45) is 23.7 Å². The number of methoxy groups -OCH3 is 2. The number of anilines is 1. The van der Waals surface area contributed by atoms with Crippen LogP contribution in [-0.4, -0.2) is 52.4 Å². The van der Waals surface area contributed by atoms with Crippen LogP contribution in [0.3, 0.4) is 0 Å². The molecule has 0 atom stereocenters. The van der Waals surface area contributed by atoms with Gasteiger partial charge in [-0.05, 0) is 79.4 Å². The lowest BCUT2D eigenvalue weighted by molar-refractivity contribution is -0.163. The Morgan fingerprint density at radius 2 is 1.50 bits per heavy atom. The molecule has 10 nitrogen and oxygen atoms in total. The summed E-state index contributed by atoms with van der Waals surface area (Å²) in [6.45, 7) is 1.72. The number of carboxylic acid groups (broad SMARTS) is 1. The van der Waals surface area contributed by atoms with Crippen LogP contribution >= 0.6 is 0 Å². The third kappa shape index (κ3) is 4.61. The third-order valence-corrected chi connectivity index (χ3v) is 10.4. The highest BCUT2D eigenvalue weighted by molar-refractivity contribution is 6.09. The lowest BCUT2D eigenvalue weighted by atomic mass is 9.48. The normalized spacial score (nSPS) is 24.5. The minimum Gasteiger partial charge on any atom is -0.496 e. The van der Waals surface area contributed by atoms with Crippen molar-refractivity contribution in [2.45, 2.75) is 51.0 Å². The van der Waals surface area contributed by atoms with Gasteiger partial charge in [-0.3, -0.25) is 9.59 Å². The molecule has 3 N–H and O–H groups in total. The predicted molar refractivity (Wildman–Crippen MR) is 173 cm³/mol. The minimum atomic E-state index is -1.40. The van der Waals surface area contributed by atoms with Gasteiger partial charge >= 0.3 is 5.97 Å². The highest BCUT2D eigenvalue weighted by atomic mass is 16.5. The zero-order chi connectivity index (χ0) is 32.2. The molecule has 238 valence electrons. The van der Waals surface area contributed by atoms with Crippen molar-refractivity contribution in [1.82, 2.24) is 15.1 Å². The molecule has 0 unspecified atom stereocenters. The summed E-state index contributed by atoms with van der Waals surface area (Å²) in [5.74, 6) is -0.400. The number of carboxylic acids is 1. The number of amides is 2. The van der Waals surface area contributed by atoms with Crippen molar-refractivity contribution >= 4 is 34.2 Å². The molecule has 0 aliphatic heterocycles. The lowest BCUT2D eigenvalue weighted by Crippen LogP contribution is -2.70. The Balaban J connectivity index is 1.47. The smallest absolute Gasteiger partial charge is 0.330 e. The summed E-state index contributed by atoms with van der Waals surface area (Å²) in [6, 6.07) is 19.0. The molecule has 1 heterocycles. The first-order valence-corrected chi connectivity index (χ1v) is 16.0. The van der Waals surface area contributed by atoms with Crippen molar-refractivity contribution < 1.29 is 29.0 Å². The summed E-state index contributed by atoms with van der Waals surface area (Å²) in [5.41, 5.74) is 0.210. The van der Waals surface area contributed by atoms with Gasteiger partial charge in [-0.25, -0.2) is 9.48 Å². The quantitative estimate of drug-likeness (QED) is 0.207. The van der Waals surface area contributed by atoms with Gasteiger partial charge in [-0.15, -0.1) is 0 Å². The number of rotatable bonds is 9. The van der Waals surface area contributed by atoms with E-state index in [-0.39, 0.29) is 35.5 Å². The van der Waals surface area contributed by atoms with Crippen molar-refractivity contribution in [3.63, 3.8) is 0 Å². The molecule has 10 heteroatoms. The predicted octanol–water partition coefficient (Wildman–Crippen LogP) is 6.07. The first-order chi connectivity index (χ1) is 22.3. The van der Waals surface area contributed by atoms with E-state index in [1.165, 1.54) is 14.2 Å². The number of nitrogens with one attached hydrogen (secondary N) is 2. The minimum absolute atomic E-state index is 0.0767. The molecule has 1 aromatic heterocycles. The highest BCUT2D eigenvalue weighted by Gasteiger charge is 2.62. The summed E-state index contributed by atoms with van der Waals surface area (Å²) < 4.78 is 13.2. The van der Waals surface area contributed by atoms with E-state index in [0.29, 0.717) is 40.3 Å². The average Bonchev–Trinajstić information content (AvgIpc) is 3.43. The number of carbonyl (C=O) groups is 3. The molecule has 2 amide bonds. The number of ether oxygens (including phenoxy) is 2. The number of benzene rings is 3. The first-order valence-electron chi connectivity index (χ1n) is 16.0. The van der Waals surface area contributed by atoms with Gasteiger partial charge in [-0.1, -0.05) is 49.4 Å². The molecular weight excluding hydrogens is 584 g/mol. The van der Waals surface area contributed by atoms with Crippen molar-refractivity contribution in [3.8, 4) is 28.4 Å². The molecule has 0 spiro atoms. The summed E-state index contributed by atoms with van der Waals surface area (Å²) in [6.07, 6.45) is 4.43. The van der Waals surface area contributed by atoms with Gasteiger partial charge in [0.15, 0.2) is 5.69 Å². The van der Waals surface area contributed by atoms with Crippen LogP contribution in [0.5, 0.6) is 11.5 Å². The monoisotopic (exact) mass is 622 g/mol. The van der Waals surface area contributed by atoms with Gasteiger partial charge in [-0.2, -0.15) is 5.10 Å². The van der Waals surface area contributed by atoms with E-state index in [0.717, 1.165) is 42.9 Å². The molecule has 0 saturated heterocycles. The van der Waals surface area contributed by atoms with Crippen LogP contribution in [0.2, 0.25) is 0 Å². The molecule has 4 fully saturated rings. The van der Waals surface area contributed by atoms with E-state index in [2.05, 4.69) is 10.6 Å². The van der Waals surface area contributed by atoms with Crippen molar-refractivity contribution in [1.29, 1.82) is 0 Å². The van der Waals surface area contributed by atoms with Crippen molar-refractivity contribution in [2.75, 3.05) is 19.5 Å². The highest BCUT2D eigenvalue weighted by Crippen LogP contribution is 2.58. The summed E-state index contributed by atoms with van der Waals surface area (Å²) in [4.78, 5) is 40.9. The second kappa shape index (κ2) is 11.5.